The molecule has 64 valence electrons. The van der Waals surface area contributed by atoms with E-state index in [0.717, 1.165) is 25.0 Å². The van der Waals surface area contributed by atoms with Gasteiger partial charge in [-0.25, -0.2) is 0 Å². The second-order valence-corrected chi connectivity index (χ2v) is 2.82. The van der Waals surface area contributed by atoms with Crippen LogP contribution in [-0.4, -0.2) is 5.71 Å². The fraction of sp³-hybridized carbons (Fsp3) is 0.700. The SMILES string of the molecule is CCC/C=C/C(=N)CCCC. The summed E-state index contributed by atoms with van der Waals surface area (Å²) in [6, 6.07) is 0. The van der Waals surface area contributed by atoms with Crippen molar-refractivity contribution in [2.45, 2.75) is 46.0 Å². The summed E-state index contributed by atoms with van der Waals surface area (Å²) < 4.78 is 0. The zero-order chi connectivity index (χ0) is 8.53. The molecule has 0 bridgehead atoms. The zero-order valence-corrected chi connectivity index (χ0v) is 7.69. The Morgan fingerprint density at radius 1 is 1.27 bits per heavy atom. The third-order valence-corrected chi connectivity index (χ3v) is 1.57. The van der Waals surface area contributed by atoms with Crippen molar-refractivity contribution < 1.29 is 0 Å². The van der Waals surface area contributed by atoms with E-state index in [9.17, 15) is 0 Å². The lowest BCUT2D eigenvalue weighted by Crippen LogP contribution is -1.89. The van der Waals surface area contributed by atoms with Crippen LogP contribution in [0.2, 0.25) is 0 Å². The minimum Gasteiger partial charge on any atom is -0.305 e. The molecule has 0 fully saturated rings. The third-order valence-electron chi connectivity index (χ3n) is 1.57. The fourth-order valence-corrected chi connectivity index (χ4v) is 0.843. The van der Waals surface area contributed by atoms with Crippen LogP contribution in [0.4, 0.5) is 0 Å². The standard InChI is InChI=1S/C10H19N/c1-3-5-7-9-10(11)8-6-4-2/h7,9,11H,3-6,8H2,1-2H3/b9-7+,11-10?. The van der Waals surface area contributed by atoms with Crippen LogP contribution in [0.25, 0.3) is 0 Å². The summed E-state index contributed by atoms with van der Waals surface area (Å²) in [6.45, 7) is 4.31. The second kappa shape index (κ2) is 7.52. The van der Waals surface area contributed by atoms with Crippen LogP contribution < -0.4 is 0 Å². The zero-order valence-electron chi connectivity index (χ0n) is 7.69. The van der Waals surface area contributed by atoms with Gasteiger partial charge in [0.25, 0.3) is 0 Å². The first-order chi connectivity index (χ1) is 5.31. The highest BCUT2D eigenvalue weighted by Gasteiger charge is 1.88. The van der Waals surface area contributed by atoms with Crippen LogP contribution in [-0.2, 0) is 0 Å². The van der Waals surface area contributed by atoms with E-state index in [1.807, 2.05) is 6.08 Å². The first-order valence-electron chi connectivity index (χ1n) is 4.55. The molecular weight excluding hydrogens is 134 g/mol. The Hall–Kier alpha value is -0.590. The van der Waals surface area contributed by atoms with E-state index in [2.05, 4.69) is 19.9 Å². The molecule has 0 aromatic heterocycles. The molecule has 0 aliphatic rings. The topological polar surface area (TPSA) is 23.9 Å². The molecule has 11 heavy (non-hydrogen) atoms. The monoisotopic (exact) mass is 153 g/mol. The number of unbranched alkanes of at least 4 members (excludes halogenated alkanes) is 2. The summed E-state index contributed by atoms with van der Waals surface area (Å²) in [7, 11) is 0. The van der Waals surface area contributed by atoms with Gasteiger partial charge in [-0.3, -0.25) is 0 Å². The molecule has 0 spiro atoms. The van der Waals surface area contributed by atoms with E-state index in [-0.39, 0.29) is 0 Å². The van der Waals surface area contributed by atoms with Crippen molar-refractivity contribution in [1.29, 1.82) is 5.41 Å². The van der Waals surface area contributed by atoms with Crippen LogP contribution in [0.15, 0.2) is 12.2 Å². The molecule has 0 rings (SSSR count). The van der Waals surface area contributed by atoms with E-state index in [1.165, 1.54) is 12.8 Å². The number of nitrogens with one attached hydrogen (secondary N) is 1. The van der Waals surface area contributed by atoms with Crippen LogP contribution >= 0.6 is 0 Å². The Morgan fingerprint density at radius 3 is 2.55 bits per heavy atom. The smallest absolute Gasteiger partial charge is 0.0310 e. The Kier molecular flexibility index (Phi) is 7.11. The fourth-order valence-electron chi connectivity index (χ4n) is 0.843. The van der Waals surface area contributed by atoms with Gasteiger partial charge in [-0.2, -0.15) is 0 Å². The maximum atomic E-state index is 7.48. The molecule has 0 heterocycles. The minimum absolute atomic E-state index is 0.778. The average molecular weight is 153 g/mol. The van der Waals surface area contributed by atoms with Gasteiger partial charge in [0.1, 0.15) is 0 Å². The lowest BCUT2D eigenvalue weighted by atomic mass is 10.1. The molecule has 0 aliphatic carbocycles. The molecule has 0 aromatic carbocycles. The van der Waals surface area contributed by atoms with Gasteiger partial charge in [0.05, 0.1) is 0 Å². The highest BCUT2D eigenvalue weighted by atomic mass is 14.4. The molecule has 1 N–H and O–H groups in total. The van der Waals surface area contributed by atoms with Crippen molar-refractivity contribution in [1.82, 2.24) is 0 Å². The molecular formula is C10H19N. The van der Waals surface area contributed by atoms with Gasteiger partial charge in [0.15, 0.2) is 0 Å². The largest absolute Gasteiger partial charge is 0.305 e. The number of hydrogen-bond acceptors (Lipinski definition) is 1. The molecule has 0 saturated carbocycles. The van der Waals surface area contributed by atoms with Crippen molar-refractivity contribution >= 4 is 5.71 Å². The summed E-state index contributed by atoms with van der Waals surface area (Å²) in [5.74, 6) is 0. The van der Waals surface area contributed by atoms with Crippen LogP contribution in [0.5, 0.6) is 0 Å². The Balaban J connectivity index is 3.35. The lowest BCUT2D eigenvalue weighted by Gasteiger charge is -1.94. The van der Waals surface area contributed by atoms with Gasteiger partial charge in [0.2, 0.25) is 0 Å². The van der Waals surface area contributed by atoms with Crippen molar-refractivity contribution in [2.24, 2.45) is 0 Å². The quantitative estimate of drug-likeness (QED) is 0.564. The third kappa shape index (κ3) is 7.31. The first kappa shape index (κ1) is 10.4. The molecule has 1 nitrogen and oxygen atoms in total. The second-order valence-electron chi connectivity index (χ2n) is 2.82. The van der Waals surface area contributed by atoms with E-state index < -0.39 is 0 Å². The molecule has 0 saturated heterocycles. The number of rotatable bonds is 6. The van der Waals surface area contributed by atoms with E-state index in [4.69, 9.17) is 5.41 Å². The normalized spacial score (nSPS) is 10.7. The summed E-state index contributed by atoms with van der Waals surface area (Å²) in [5, 5.41) is 7.48. The molecule has 1 heteroatoms. The first-order valence-corrected chi connectivity index (χ1v) is 4.55. The Bertz CT molecular complexity index is 125. The van der Waals surface area contributed by atoms with Gasteiger partial charge in [0, 0.05) is 5.71 Å². The van der Waals surface area contributed by atoms with Gasteiger partial charge in [-0.15, -0.1) is 0 Å². The molecule has 0 atom stereocenters. The molecule has 0 aromatic rings. The van der Waals surface area contributed by atoms with Gasteiger partial charge in [-0.1, -0.05) is 32.8 Å². The highest BCUT2D eigenvalue weighted by molar-refractivity contribution is 5.92. The maximum absolute atomic E-state index is 7.48. The van der Waals surface area contributed by atoms with E-state index in [1.54, 1.807) is 0 Å². The Labute approximate surface area is 70.0 Å². The van der Waals surface area contributed by atoms with Crippen LogP contribution in [0, 0.1) is 5.41 Å². The minimum atomic E-state index is 0.778. The summed E-state index contributed by atoms with van der Waals surface area (Å²) in [4.78, 5) is 0. The Morgan fingerprint density at radius 2 is 2.00 bits per heavy atom. The van der Waals surface area contributed by atoms with Crippen molar-refractivity contribution in [3.8, 4) is 0 Å². The number of hydrogen-bond donors (Lipinski definition) is 1. The van der Waals surface area contributed by atoms with Gasteiger partial charge >= 0.3 is 0 Å². The van der Waals surface area contributed by atoms with Gasteiger partial charge < -0.3 is 5.41 Å². The van der Waals surface area contributed by atoms with Crippen molar-refractivity contribution in [3.63, 3.8) is 0 Å². The van der Waals surface area contributed by atoms with Crippen molar-refractivity contribution in [2.75, 3.05) is 0 Å². The predicted molar refractivity (Wildman–Crippen MR) is 51.3 cm³/mol. The van der Waals surface area contributed by atoms with Gasteiger partial charge in [-0.05, 0) is 25.3 Å². The molecule has 0 aliphatic heterocycles. The summed E-state index contributed by atoms with van der Waals surface area (Å²) in [6.07, 6.45) is 9.60. The summed E-state index contributed by atoms with van der Waals surface area (Å²) in [5.41, 5.74) is 0.778. The molecule has 0 amide bonds. The maximum Gasteiger partial charge on any atom is 0.0310 e. The predicted octanol–water partition coefficient (Wildman–Crippen LogP) is 3.55. The summed E-state index contributed by atoms with van der Waals surface area (Å²) >= 11 is 0. The lowest BCUT2D eigenvalue weighted by molar-refractivity contribution is 0.834. The number of allylic oxidation sites excluding steroid dienone is 2. The molecule has 0 radical (unpaired) electrons. The van der Waals surface area contributed by atoms with E-state index in [0.29, 0.717) is 0 Å². The van der Waals surface area contributed by atoms with Crippen LogP contribution in [0.3, 0.4) is 0 Å². The average Bonchev–Trinajstić information content (AvgIpc) is 2.01. The molecule has 0 unspecified atom stereocenters. The highest BCUT2D eigenvalue weighted by Crippen LogP contribution is 1.97. The van der Waals surface area contributed by atoms with Crippen molar-refractivity contribution in [3.05, 3.63) is 12.2 Å². The van der Waals surface area contributed by atoms with Crippen LogP contribution in [0.1, 0.15) is 46.0 Å². The van der Waals surface area contributed by atoms with E-state index >= 15 is 0 Å².